The minimum absolute atomic E-state index is 0.141. The van der Waals surface area contributed by atoms with Crippen molar-refractivity contribution in [1.29, 1.82) is 0 Å². The molecular formula is C13H13FN2S. The summed E-state index contributed by atoms with van der Waals surface area (Å²) in [5, 5.41) is 3.11. The van der Waals surface area contributed by atoms with Crippen molar-refractivity contribution in [2.75, 3.05) is 17.3 Å². The molecule has 0 bridgehead atoms. The first kappa shape index (κ1) is 11.8. The molecule has 0 saturated heterocycles. The third-order valence-electron chi connectivity index (χ3n) is 2.40. The van der Waals surface area contributed by atoms with E-state index in [0.717, 1.165) is 10.6 Å². The molecule has 0 unspecified atom stereocenters. The number of halogens is 1. The van der Waals surface area contributed by atoms with Crippen molar-refractivity contribution in [3.8, 4) is 0 Å². The molecule has 88 valence electrons. The molecule has 17 heavy (non-hydrogen) atoms. The summed E-state index contributed by atoms with van der Waals surface area (Å²) in [5.41, 5.74) is 7.28. The van der Waals surface area contributed by atoms with Gasteiger partial charge in [-0.25, -0.2) is 4.39 Å². The minimum atomic E-state index is -0.406. The summed E-state index contributed by atoms with van der Waals surface area (Å²) >= 11 is 1.66. The molecule has 0 saturated carbocycles. The maximum Gasteiger partial charge on any atom is 0.148 e. The average Bonchev–Trinajstić information content (AvgIpc) is 2.35. The lowest BCUT2D eigenvalue weighted by Gasteiger charge is -2.10. The fourth-order valence-electron chi connectivity index (χ4n) is 1.50. The molecule has 2 rings (SSSR count). The summed E-state index contributed by atoms with van der Waals surface area (Å²) in [6, 6.07) is 12.6. The molecule has 0 spiro atoms. The van der Waals surface area contributed by atoms with Gasteiger partial charge in [-0.05, 0) is 36.6 Å². The molecule has 0 aromatic heterocycles. The molecule has 0 aliphatic carbocycles. The number of anilines is 3. The Morgan fingerprint density at radius 3 is 2.71 bits per heavy atom. The van der Waals surface area contributed by atoms with E-state index in [4.69, 9.17) is 5.73 Å². The van der Waals surface area contributed by atoms with Crippen molar-refractivity contribution in [3.05, 3.63) is 48.3 Å². The second-order valence-electron chi connectivity index (χ2n) is 3.56. The van der Waals surface area contributed by atoms with Crippen molar-refractivity contribution in [1.82, 2.24) is 0 Å². The van der Waals surface area contributed by atoms with Gasteiger partial charge in [-0.15, -0.1) is 11.8 Å². The molecule has 2 aromatic carbocycles. The lowest BCUT2D eigenvalue weighted by atomic mass is 10.2. The maximum atomic E-state index is 13.3. The number of rotatable bonds is 3. The Morgan fingerprint density at radius 1 is 1.18 bits per heavy atom. The van der Waals surface area contributed by atoms with Gasteiger partial charge in [0.15, 0.2) is 0 Å². The van der Waals surface area contributed by atoms with E-state index in [-0.39, 0.29) is 5.69 Å². The summed E-state index contributed by atoms with van der Waals surface area (Å²) in [6.45, 7) is 0. The number of nitrogens with two attached hydrogens (primary N) is 1. The summed E-state index contributed by atoms with van der Waals surface area (Å²) in [6.07, 6.45) is 2.01. The molecule has 0 aliphatic heterocycles. The Kier molecular flexibility index (Phi) is 3.54. The summed E-state index contributed by atoms with van der Waals surface area (Å²) in [5.74, 6) is -0.406. The van der Waals surface area contributed by atoms with Crippen LogP contribution in [0.5, 0.6) is 0 Å². The van der Waals surface area contributed by atoms with Crippen LogP contribution < -0.4 is 11.1 Å². The molecule has 0 radical (unpaired) electrons. The maximum absolute atomic E-state index is 13.3. The number of benzene rings is 2. The number of hydrogen-bond donors (Lipinski definition) is 2. The van der Waals surface area contributed by atoms with Gasteiger partial charge >= 0.3 is 0 Å². The zero-order valence-corrected chi connectivity index (χ0v) is 10.2. The van der Waals surface area contributed by atoms with Gasteiger partial charge in [-0.1, -0.05) is 12.1 Å². The SMILES string of the molecule is CSc1cccc(Nc2cccc(F)c2N)c1. The zero-order valence-electron chi connectivity index (χ0n) is 9.41. The predicted molar refractivity (Wildman–Crippen MR) is 72.3 cm³/mol. The molecule has 0 heterocycles. The second-order valence-corrected chi connectivity index (χ2v) is 4.44. The topological polar surface area (TPSA) is 38.0 Å². The van der Waals surface area contributed by atoms with Crippen molar-refractivity contribution in [3.63, 3.8) is 0 Å². The number of para-hydroxylation sites is 1. The van der Waals surface area contributed by atoms with E-state index in [1.165, 1.54) is 6.07 Å². The van der Waals surface area contributed by atoms with Crippen LogP contribution in [0.3, 0.4) is 0 Å². The summed E-state index contributed by atoms with van der Waals surface area (Å²) in [7, 11) is 0. The first-order valence-corrected chi connectivity index (χ1v) is 6.38. The number of nitrogens with one attached hydrogen (secondary N) is 1. The number of hydrogen-bond acceptors (Lipinski definition) is 3. The Bertz CT molecular complexity index is 529. The quantitative estimate of drug-likeness (QED) is 0.639. The van der Waals surface area contributed by atoms with E-state index >= 15 is 0 Å². The van der Waals surface area contributed by atoms with Crippen LogP contribution in [0.25, 0.3) is 0 Å². The van der Waals surface area contributed by atoms with E-state index in [1.54, 1.807) is 23.9 Å². The van der Waals surface area contributed by atoms with Crippen LogP contribution in [-0.4, -0.2) is 6.26 Å². The number of thioether (sulfide) groups is 1. The van der Waals surface area contributed by atoms with E-state index in [1.807, 2.05) is 30.5 Å². The van der Waals surface area contributed by atoms with Gasteiger partial charge in [0.1, 0.15) is 5.82 Å². The highest BCUT2D eigenvalue weighted by molar-refractivity contribution is 7.98. The zero-order chi connectivity index (χ0) is 12.3. The molecule has 2 nitrogen and oxygen atoms in total. The van der Waals surface area contributed by atoms with Gasteiger partial charge in [0.2, 0.25) is 0 Å². The van der Waals surface area contributed by atoms with Crippen LogP contribution in [0.15, 0.2) is 47.4 Å². The highest BCUT2D eigenvalue weighted by atomic mass is 32.2. The fourth-order valence-corrected chi connectivity index (χ4v) is 1.96. The highest BCUT2D eigenvalue weighted by Crippen LogP contribution is 2.27. The van der Waals surface area contributed by atoms with Gasteiger partial charge < -0.3 is 11.1 Å². The van der Waals surface area contributed by atoms with Crippen LogP contribution in [-0.2, 0) is 0 Å². The van der Waals surface area contributed by atoms with Gasteiger partial charge in [0.05, 0.1) is 11.4 Å². The third-order valence-corrected chi connectivity index (χ3v) is 3.13. The van der Waals surface area contributed by atoms with Gasteiger partial charge in [-0.3, -0.25) is 0 Å². The molecule has 0 amide bonds. The standard InChI is InChI=1S/C13H13FN2S/c1-17-10-5-2-4-9(8-10)16-12-7-3-6-11(14)13(12)15/h2-8,16H,15H2,1H3. The fraction of sp³-hybridized carbons (Fsp3) is 0.0769. The molecule has 0 atom stereocenters. The molecule has 3 N–H and O–H groups in total. The van der Waals surface area contributed by atoms with Crippen LogP contribution in [0.4, 0.5) is 21.5 Å². The van der Waals surface area contributed by atoms with E-state index in [9.17, 15) is 4.39 Å². The number of nitrogen functional groups attached to an aromatic ring is 1. The van der Waals surface area contributed by atoms with Crippen molar-refractivity contribution < 1.29 is 4.39 Å². The van der Waals surface area contributed by atoms with Crippen molar-refractivity contribution >= 4 is 28.8 Å². The van der Waals surface area contributed by atoms with Gasteiger partial charge in [-0.2, -0.15) is 0 Å². The Balaban J connectivity index is 2.28. The Hall–Kier alpha value is -1.68. The van der Waals surface area contributed by atoms with Crippen molar-refractivity contribution in [2.24, 2.45) is 0 Å². The summed E-state index contributed by atoms with van der Waals surface area (Å²) < 4.78 is 13.3. The summed E-state index contributed by atoms with van der Waals surface area (Å²) in [4.78, 5) is 1.14. The van der Waals surface area contributed by atoms with Crippen LogP contribution in [0.1, 0.15) is 0 Å². The average molecular weight is 248 g/mol. The van der Waals surface area contributed by atoms with E-state index < -0.39 is 5.82 Å². The first-order chi connectivity index (χ1) is 8.20. The minimum Gasteiger partial charge on any atom is -0.395 e. The smallest absolute Gasteiger partial charge is 0.148 e. The largest absolute Gasteiger partial charge is 0.395 e. The van der Waals surface area contributed by atoms with Crippen LogP contribution >= 0.6 is 11.8 Å². The van der Waals surface area contributed by atoms with E-state index in [0.29, 0.717) is 5.69 Å². The molecule has 4 heteroatoms. The predicted octanol–water partition coefficient (Wildman–Crippen LogP) is 3.87. The molecular weight excluding hydrogens is 235 g/mol. The molecule has 0 aliphatic rings. The monoisotopic (exact) mass is 248 g/mol. The van der Waals surface area contributed by atoms with E-state index in [2.05, 4.69) is 5.32 Å². The van der Waals surface area contributed by atoms with Crippen LogP contribution in [0, 0.1) is 5.82 Å². The Morgan fingerprint density at radius 2 is 1.94 bits per heavy atom. The lowest BCUT2D eigenvalue weighted by Crippen LogP contribution is -1.98. The Labute approximate surface area is 104 Å². The van der Waals surface area contributed by atoms with Gasteiger partial charge in [0, 0.05) is 10.6 Å². The van der Waals surface area contributed by atoms with Crippen molar-refractivity contribution in [2.45, 2.75) is 4.90 Å². The third kappa shape index (κ3) is 2.71. The van der Waals surface area contributed by atoms with Gasteiger partial charge in [0.25, 0.3) is 0 Å². The molecule has 0 fully saturated rings. The second kappa shape index (κ2) is 5.10. The first-order valence-electron chi connectivity index (χ1n) is 5.16. The molecule has 2 aromatic rings. The lowest BCUT2D eigenvalue weighted by molar-refractivity contribution is 0.633. The highest BCUT2D eigenvalue weighted by Gasteiger charge is 2.04. The normalized spacial score (nSPS) is 10.2. The van der Waals surface area contributed by atoms with Crippen LogP contribution in [0.2, 0.25) is 0 Å².